The van der Waals surface area contributed by atoms with Crippen molar-refractivity contribution in [3.05, 3.63) is 57.6 Å². The Morgan fingerprint density at radius 1 is 1.25 bits per heavy atom. The molecule has 1 amide bonds. The molecule has 9 nitrogen and oxygen atoms in total. The van der Waals surface area contributed by atoms with E-state index in [1.165, 1.54) is 33.8 Å². The van der Waals surface area contributed by atoms with Gasteiger partial charge in [0.25, 0.3) is 11.5 Å². The maximum absolute atomic E-state index is 14.2. The zero-order valence-corrected chi connectivity index (χ0v) is 18.5. The number of amides is 1. The molecule has 3 aromatic heterocycles. The van der Waals surface area contributed by atoms with Gasteiger partial charge in [0.15, 0.2) is 5.82 Å². The summed E-state index contributed by atoms with van der Waals surface area (Å²) in [6.07, 6.45) is 4.05. The number of piperidine rings is 1. The number of rotatable bonds is 4. The molecule has 0 radical (unpaired) electrons. The molecule has 2 fully saturated rings. The first kappa shape index (κ1) is 20.6. The van der Waals surface area contributed by atoms with Gasteiger partial charge >= 0.3 is 0 Å². The Bertz CT molecular complexity index is 1280. The van der Waals surface area contributed by atoms with E-state index in [1.54, 1.807) is 19.0 Å². The van der Waals surface area contributed by atoms with E-state index in [4.69, 9.17) is 11.6 Å². The molecule has 1 saturated heterocycles. The Kier molecular flexibility index (Phi) is 4.77. The molecular formula is C21H21ClFN7O2. The SMILES string of the molecule is CN(c1nc(-c2ccncc2F)cc(=O)n1C)[C@@H]1[C@@H]2CN(C(=O)c3cnn(C)c3Cl)C[C@@H]21. The number of halogens is 2. The van der Waals surface area contributed by atoms with E-state index in [1.807, 2.05) is 11.9 Å². The molecule has 4 heterocycles. The van der Waals surface area contributed by atoms with Crippen molar-refractivity contribution in [2.45, 2.75) is 6.04 Å². The van der Waals surface area contributed by atoms with E-state index >= 15 is 0 Å². The van der Waals surface area contributed by atoms with E-state index in [-0.39, 0.29) is 40.6 Å². The summed E-state index contributed by atoms with van der Waals surface area (Å²) >= 11 is 6.17. The lowest BCUT2D eigenvalue weighted by Gasteiger charge is -2.26. The fourth-order valence-electron chi connectivity index (χ4n) is 4.67. The lowest BCUT2D eigenvalue weighted by atomic mass is 10.2. The number of anilines is 1. The quantitative estimate of drug-likeness (QED) is 0.591. The zero-order chi connectivity index (χ0) is 22.7. The first-order chi connectivity index (χ1) is 15.3. The lowest BCUT2D eigenvalue weighted by Crippen LogP contribution is -2.38. The number of aromatic nitrogens is 5. The van der Waals surface area contributed by atoms with Crippen LogP contribution in [0.2, 0.25) is 5.15 Å². The molecule has 0 bridgehead atoms. The summed E-state index contributed by atoms with van der Waals surface area (Å²) in [6.45, 7) is 1.19. The third-order valence-electron chi connectivity index (χ3n) is 6.46. The van der Waals surface area contributed by atoms with Gasteiger partial charge in [0.2, 0.25) is 5.95 Å². The summed E-state index contributed by atoms with van der Waals surface area (Å²) in [5.74, 6) is 0.317. The maximum atomic E-state index is 14.2. The number of hydrogen-bond acceptors (Lipinski definition) is 6. The Labute approximate surface area is 188 Å². The van der Waals surface area contributed by atoms with Crippen molar-refractivity contribution < 1.29 is 9.18 Å². The zero-order valence-electron chi connectivity index (χ0n) is 17.7. The summed E-state index contributed by atoms with van der Waals surface area (Å²) in [6, 6.07) is 2.96. The largest absolute Gasteiger partial charge is 0.342 e. The molecule has 1 aliphatic carbocycles. The average Bonchev–Trinajstić information content (AvgIpc) is 3.08. The summed E-state index contributed by atoms with van der Waals surface area (Å²) in [5.41, 5.74) is 0.621. The highest BCUT2D eigenvalue weighted by Crippen LogP contribution is 2.49. The topological polar surface area (TPSA) is 89.2 Å². The van der Waals surface area contributed by atoms with Crippen molar-refractivity contribution in [1.82, 2.24) is 29.2 Å². The molecule has 2 aliphatic rings. The monoisotopic (exact) mass is 457 g/mol. The van der Waals surface area contributed by atoms with Crippen molar-refractivity contribution in [2.75, 3.05) is 25.0 Å². The van der Waals surface area contributed by atoms with Crippen LogP contribution in [0, 0.1) is 17.7 Å². The molecule has 1 saturated carbocycles. The van der Waals surface area contributed by atoms with E-state index in [9.17, 15) is 14.0 Å². The minimum absolute atomic E-state index is 0.127. The van der Waals surface area contributed by atoms with Gasteiger partial charge in [-0.2, -0.15) is 5.10 Å². The summed E-state index contributed by atoms with van der Waals surface area (Å²) in [5, 5.41) is 4.36. The van der Waals surface area contributed by atoms with Crippen LogP contribution < -0.4 is 10.5 Å². The number of carbonyl (C=O) groups excluding carboxylic acids is 1. The van der Waals surface area contributed by atoms with Crippen LogP contribution in [-0.2, 0) is 14.1 Å². The second-order valence-corrected chi connectivity index (χ2v) is 8.66. The van der Waals surface area contributed by atoms with Gasteiger partial charge in [-0.05, 0) is 6.07 Å². The van der Waals surface area contributed by atoms with Crippen LogP contribution >= 0.6 is 11.6 Å². The maximum Gasteiger partial charge on any atom is 0.258 e. The molecular weight excluding hydrogens is 437 g/mol. The second-order valence-electron chi connectivity index (χ2n) is 8.31. The third kappa shape index (κ3) is 3.17. The van der Waals surface area contributed by atoms with Crippen LogP contribution in [0.25, 0.3) is 11.3 Å². The first-order valence-electron chi connectivity index (χ1n) is 10.2. The van der Waals surface area contributed by atoms with Gasteiger partial charge in [-0.1, -0.05) is 11.6 Å². The van der Waals surface area contributed by atoms with E-state index in [0.29, 0.717) is 29.8 Å². The fraction of sp³-hybridized carbons (Fsp3) is 0.381. The Morgan fingerprint density at radius 2 is 1.97 bits per heavy atom. The highest BCUT2D eigenvalue weighted by molar-refractivity contribution is 6.32. The van der Waals surface area contributed by atoms with Crippen LogP contribution in [0.1, 0.15) is 10.4 Å². The minimum Gasteiger partial charge on any atom is -0.342 e. The highest BCUT2D eigenvalue weighted by Gasteiger charge is 2.59. The average molecular weight is 458 g/mol. The predicted molar refractivity (Wildman–Crippen MR) is 116 cm³/mol. The molecule has 3 aromatic rings. The Hall–Kier alpha value is -3.27. The van der Waals surface area contributed by atoms with Crippen molar-refractivity contribution >= 4 is 23.5 Å². The molecule has 0 unspecified atom stereocenters. The predicted octanol–water partition coefficient (Wildman–Crippen LogP) is 1.58. The second kappa shape index (κ2) is 7.40. The van der Waals surface area contributed by atoms with Gasteiger partial charge in [0.05, 0.1) is 23.7 Å². The Morgan fingerprint density at radius 3 is 2.59 bits per heavy atom. The van der Waals surface area contributed by atoms with E-state index in [0.717, 1.165) is 6.20 Å². The molecule has 5 rings (SSSR count). The van der Waals surface area contributed by atoms with Gasteiger partial charge < -0.3 is 9.80 Å². The van der Waals surface area contributed by atoms with Gasteiger partial charge in [-0.15, -0.1) is 0 Å². The van der Waals surface area contributed by atoms with Crippen molar-refractivity contribution in [2.24, 2.45) is 25.9 Å². The smallest absolute Gasteiger partial charge is 0.258 e. The van der Waals surface area contributed by atoms with Gasteiger partial charge in [0.1, 0.15) is 5.15 Å². The van der Waals surface area contributed by atoms with Crippen LogP contribution in [0.15, 0.2) is 35.5 Å². The summed E-state index contributed by atoms with van der Waals surface area (Å²) in [4.78, 5) is 37.4. The van der Waals surface area contributed by atoms with Crippen LogP contribution in [0.4, 0.5) is 10.3 Å². The van der Waals surface area contributed by atoms with Crippen molar-refractivity contribution in [1.29, 1.82) is 0 Å². The van der Waals surface area contributed by atoms with E-state index < -0.39 is 5.82 Å². The molecule has 3 atom stereocenters. The van der Waals surface area contributed by atoms with Crippen LogP contribution in [-0.4, -0.2) is 61.3 Å². The molecule has 32 heavy (non-hydrogen) atoms. The molecule has 0 N–H and O–H groups in total. The molecule has 0 spiro atoms. The number of hydrogen-bond donors (Lipinski definition) is 0. The summed E-state index contributed by atoms with van der Waals surface area (Å²) in [7, 11) is 5.21. The lowest BCUT2D eigenvalue weighted by molar-refractivity contribution is 0.0773. The van der Waals surface area contributed by atoms with E-state index in [2.05, 4.69) is 15.1 Å². The minimum atomic E-state index is -0.534. The number of nitrogens with zero attached hydrogens (tertiary/aromatic N) is 7. The van der Waals surface area contributed by atoms with Crippen molar-refractivity contribution in [3.8, 4) is 11.3 Å². The number of pyridine rings is 1. The Balaban J connectivity index is 1.35. The third-order valence-corrected chi connectivity index (χ3v) is 6.90. The van der Waals surface area contributed by atoms with Crippen molar-refractivity contribution in [3.63, 3.8) is 0 Å². The molecule has 1 aliphatic heterocycles. The summed E-state index contributed by atoms with van der Waals surface area (Å²) < 4.78 is 17.1. The molecule has 11 heteroatoms. The number of carbonyl (C=O) groups is 1. The van der Waals surface area contributed by atoms with Gasteiger partial charge in [-0.25, -0.2) is 9.37 Å². The standard InChI is InChI=1S/C21H21ClFN7O2/c1-27-17(31)6-16(11-4-5-24-8-15(11)23)26-21(27)28(2)18-13-9-30(10-14(13)18)20(32)12-7-25-29(3)19(12)22/h4-8,13-14,18H,9-10H2,1-3H3/t13-,14+,18-. The number of aryl methyl sites for hydroxylation is 1. The first-order valence-corrected chi connectivity index (χ1v) is 10.5. The molecule has 0 aromatic carbocycles. The fourth-order valence-corrected chi connectivity index (χ4v) is 4.84. The molecule has 166 valence electrons. The van der Waals surface area contributed by atoms with Gasteiger partial charge in [-0.3, -0.25) is 23.8 Å². The number of likely N-dealkylation sites (tertiary alicyclic amines) is 1. The number of fused-ring (bicyclic) bond motifs is 1. The normalized spacial score (nSPS) is 21.5. The van der Waals surface area contributed by atoms with Gasteiger partial charge in [0, 0.05) is 69.9 Å². The van der Waals surface area contributed by atoms with Crippen LogP contribution in [0.5, 0.6) is 0 Å². The highest BCUT2D eigenvalue weighted by atomic mass is 35.5. The van der Waals surface area contributed by atoms with Crippen LogP contribution in [0.3, 0.4) is 0 Å².